The number of anilines is 2. The second kappa shape index (κ2) is 8.54. The number of carbonyl (C=O) groups excluding carboxylic acids is 2. The summed E-state index contributed by atoms with van der Waals surface area (Å²) in [5.74, 6) is -0.490. The van der Waals surface area contributed by atoms with E-state index in [9.17, 15) is 9.59 Å². The van der Waals surface area contributed by atoms with Crippen LogP contribution in [0.3, 0.4) is 0 Å². The van der Waals surface area contributed by atoms with Crippen LogP contribution in [-0.2, 0) is 4.79 Å². The van der Waals surface area contributed by atoms with Crippen molar-refractivity contribution in [2.45, 2.75) is 6.92 Å². The summed E-state index contributed by atoms with van der Waals surface area (Å²) in [6, 6.07) is 12.9. The lowest BCUT2D eigenvalue weighted by atomic mass is 10.2. The predicted octanol–water partition coefficient (Wildman–Crippen LogP) is 2.59. The molecule has 0 heterocycles. The largest absolute Gasteiger partial charge is 0.423 e. The fourth-order valence-electron chi connectivity index (χ4n) is 1.82. The van der Waals surface area contributed by atoms with Crippen molar-refractivity contribution in [3.8, 4) is 5.75 Å². The van der Waals surface area contributed by atoms with Gasteiger partial charge < -0.3 is 21.1 Å². The van der Waals surface area contributed by atoms with Gasteiger partial charge in [-0.3, -0.25) is 10.2 Å². The number of halogens is 1. The number of esters is 1. The van der Waals surface area contributed by atoms with Crippen molar-refractivity contribution < 1.29 is 14.3 Å². The molecule has 1 amide bonds. The second-order valence-electron chi connectivity index (χ2n) is 4.71. The Morgan fingerprint density at radius 3 is 1.96 bits per heavy atom. The van der Waals surface area contributed by atoms with Gasteiger partial charge in [-0.15, -0.1) is 12.4 Å². The van der Waals surface area contributed by atoms with E-state index in [1.807, 2.05) is 0 Å². The van der Waals surface area contributed by atoms with Crippen molar-refractivity contribution in [3.05, 3.63) is 54.1 Å². The summed E-state index contributed by atoms with van der Waals surface area (Å²) in [5.41, 5.74) is 6.81. The highest BCUT2D eigenvalue weighted by Gasteiger charge is 2.09. The maximum absolute atomic E-state index is 12.0. The lowest BCUT2D eigenvalue weighted by Gasteiger charge is -2.07. The number of hydrogen-bond acceptors (Lipinski definition) is 4. The molecule has 2 aromatic carbocycles. The highest BCUT2D eigenvalue weighted by Crippen LogP contribution is 2.18. The van der Waals surface area contributed by atoms with E-state index < -0.39 is 5.97 Å². The number of nitrogens with two attached hydrogens (primary N) is 1. The van der Waals surface area contributed by atoms with Crippen LogP contribution in [-0.4, -0.2) is 17.8 Å². The first-order valence-corrected chi connectivity index (χ1v) is 6.75. The summed E-state index contributed by atoms with van der Waals surface area (Å²) in [6.45, 7) is 1.42. The molecule has 0 saturated heterocycles. The molecular weight excluding hydrogens is 332 g/mol. The number of benzene rings is 2. The van der Waals surface area contributed by atoms with Crippen molar-refractivity contribution in [2.75, 3.05) is 10.6 Å². The van der Waals surface area contributed by atoms with Gasteiger partial charge >= 0.3 is 5.97 Å². The van der Waals surface area contributed by atoms with Gasteiger partial charge in [0.2, 0.25) is 5.91 Å². The first kappa shape index (κ1) is 19.0. The molecule has 24 heavy (non-hydrogen) atoms. The standard InChI is InChI=1S/C16H16N4O3.ClH/c1-10(21)19-12-6-8-14(9-7-12)23-15(22)11-2-4-13(5-3-11)20-16(17)18;/h2-9H,1H3,(H,19,21)(H4,17,18,20);1H. The summed E-state index contributed by atoms with van der Waals surface area (Å²) in [7, 11) is 0. The number of nitrogens with one attached hydrogen (secondary N) is 3. The fourth-order valence-corrected chi connectivity index (χ4v) is 1.82. The Labute approximate surface area is 145 Å². The van der Waals surface area contributed by atoms with Crippen molar-refractivity contribution in [1.29, 1.82) is 5.41 Å². The summed E-state index contributed by atoms with van der Waals surface area (Å²) in [4.78, 5) is 23.0. The lowest BCUT2D eigenvalue weighted by Crippen LogP contribution is -2.20. The van der Waals surface area contributed by atoms with Crippen LogP contribution in [0.4, 0.5) is 11.4 Å². The van der Waals surface area contributed by atoms with E-state index in [2.05, 4.69) is 10.6 Å². The van der Waals surface area contributed by atoms with E-state index in [0.29, 0.717) is 22.7 Å². The molecule has 0 bridgehead atoms. The van der Waals surface area contributed by atoms with Gasteiger partial charge in [0.25, 0.3) is 0 Å². The quantitative estimate of drug-likeness (QED) is 0.293. The molecule has 0 fully saturated rings. The maximum Gasteiger partial charge on any atom is 0.343 e. The Morgan fingerprint density at radius 1 is 0.958 bits per heavy atom. The minimum absolute atomic E-state index is 0. The first-order chi connectivity index (χ1) is 10.9. The van der Waals surface area contributed by atoms with Crippen LogP contribution < -0.4 is 21.1 Å². The molecule has 0 aromatic heterocycles. The summed E-state index contributed by atoms with van der Waals surface area (Å²) >= 11 is 0. The third kappa shape index (κ3) is 5.62. The molecule has 0 unspecified atom stereocenters. The smallest absolute Gasteiger partial charge is 0.343 e. The van der Waals surface area contributed by atoms with Gasteiger partial charge in [0.05, 0.1) is 5.56 Å². The molecule has 0 radical (unpaired) electrons. The van der Waals surface area contributed by atoms with E-state index in [1.165, 1.54) is 6.92 Å². The monoisotopic (exact) mass is 348 g/mol. The summed E-state index contributed by atoms with van der Waals surface area (Å²) < 4.78 is 5.24. The minimum atomic E-state index is -0.508. The predicted molar refractivity (Wildman–Crippen MR) is 94.9 cm³/mol. The van der Waals surface area contributed by atoms with Crippen LogP contribution in [0.5, 0.6) is 5.75 Å². The van der Waals surface area contributed by atoms with Crippen LogP contribution in [0.25, 0.3) is 0 Å². The van der Waals surface area contributed by atoms with E-state index in [-0.39, 0.29) is 24.3 Å². The summed E-state index contributed by atoms with van der Waals surface area (Å²) in [6.07, 6.45) is 0. The highest BCUT2D eigenvalue weighted by molar-refractivity contribution is 5.93. The topological polar surface area (TPSA) is 117 Å². The third-order valence-corrected chi connectivity index (χ3v) is 2.78. The Bertz CT molecular complexity index is 730. The average molecular weight is 349 g/mol. The molecule has 2 aromatic rings. The third-order valence-electron chi connectivity index (χ3n) is 2.78. The highest BCUT2D eigenvalue weighted by atomic mass is 35.5. The number of ether oxygens (including phenoxy) is 1. The van der Waals surface area contributed by atoms with Crippen molar-refractivity contribution in [1.82, 2.24) is 0 Å². The van der Waals surface area contributed by atoms with E-state index >= 15 is 0 Å². The van der Waals surface area contributed by atoms with Gasteiger partial charge in [-0.25, -0.2) is 4.79 Å². The van der Waals surface area contributed by atoms with Gasteiger partial charge in [0.15, 0.2) is 5.96 Å². The second-order valence-corrected chi connectivity index (χ2v) is 4.71. The molecular formula is C16H17ClN4O3. The van der Waals surface area contributed by atoms with Gasteiger partial charge in [-0.1, -0.05) is 0 Å². The number of hydrogen-bond donors (Lipinski definition) is 4. The number of guanidine groups is 1. The number of amides is 1. The Hall–Kier alpha value is -3.06. The van der Waals surface area contributed by atoms with Crippen molar-refractivity contribution in [3.63, 3.8) is 0 Å². The van der Waals surface area contributed by atoms with Crippen LogP contribution in [0.1, 0.15) is 17.3 Å². The molecule has 5 N–H and O–H groups in total. The molecule has 0 saturated carbocycles. The number of rotatable bonds is 4. The molecule has 0 aliphatic heterocycles. The van der Waals surface area contributed by atoms with E-state index in [4.69, 9.17) is 15.9 Å². The fraction of sp³-hybridized carbons (Fsp3) is 0.0625. The molecule has 126 valence electrons. The summed E-state index contributed by atoms with van der Waals surface area (Å²) in [5, 5.41) is 12.4. The van der Waals surface area contributed by atoms with Crippen molar-refractivity contribution in [2.24, 2.45) is 5.73 Å². The Morgan fingerprint density at radius 2 is 1.46 bits per heavy atom. The van der Waals surface area contributed by atoms with Crippen LogP contribution in [0.15, 0.2) is 48.5 Å². The molecule has 0 aliphatic carbocycles. The van der Waals surface area contributed by atoms with Crippen LogP contribution in [0, 0.1) is 5.41 Å². The average Bonchev–Trinajstić information content (AvgIpc) is 2.49. The number of carbonyl (C=O) groups is 2. The van der Waals surface area contributed by atoms with Gasteiger partial charge in [0.1, 0.15) is 5.75 Å². The molecule has 0 atom stereocenters. The molecule has 8 heteroatoms. The van der Waals surface area contributed by atoms with Gasteiger partial charge in [-0.05, 0) is 48.5 Å². The van der Waals surface area contributed by atoms with Crippen LogP contribution >= 0.6 is 12.4 Å². The zero-order valence-corrected chi connectivity index (χ0v) is 13.6. The van der Waals surface area contributed by atoms with E-state index in [1.54, 1.807) is 48.5 Å². The zero-order chi connectivity index (χ0) is 16.8. The normalized spacial score (nSPS) is 9.38. The molecule has 0 spiro atoms. The van der Waals surface area contributed by atoms with Crippen LogP contribution in [0.2, 0.25) is 0 Å². The molecule has 7 nitrogen and oxygen atoms in total. The van der Waals surface area contributed by atoms with E-state index in [0.717, 1.165) is 0 Å². The first-order valence-electron chi connectivity index (χ1n) is 6.75. The molecule has 2 rings (SSSR count). The minimum Gasteiger partial charge on any atom is -0.423 e. The lowest BCUT2D eigenvalue weighted by molar-refractivity contribution is -0.114. The Kier molecular flexibility index (Phi) is 6.76. The van der Waals surface area contributed by atoms with Gasteiger partial charge in [0, 0.05) is 18.3 Å². The van der Waals surface area contributed by atoms with Gasteiger partial charge in [-0.2, -0.15) is 0 Å². The molecule has 0 aliphatic rings. The Balaban J connectivity index is 0.00000288. The zero-order valence-electron chi connectivity index (χ0n) is 12.8. The SMILES string of the molecule is CC(=O)Nc1ccc(OC(=O)c2ccc(NC(=N)N)cc2)cc1.Cl. The van der Waals surface area contributed by atoms with Crippen molar-refractivity contribution >= 4 is 41.6 Å². The maximum atomic E-state index is 12.0.